The van der Waals surface area contributed by atoms with Crippen molar-refractivity contribution in [3.63, 3.8) is 0 Å². The average Bonchev–Trinajstić information content (AvgIpc) is 2.22. The number of aromatic amines is 1. The number of aliphatic carboxylic acids is 1. The molecule has 0 spiro atoms. The van der Waals surface area contributed by atoms with Crippen molar-refractivity contribution >= 4 is 11.9 Å². The minimum Gasteiger partial charge on any atom is -0.480 e. The van der Waals surface area contributed by atoms with Gasteiger partial charge in [0.1, 0.15) is 13.1 Å². The van der Waals surface area contributed by atoms with Crippen molar-refractivity contribution in [2.45, 2.75) is 6.54 Å². The second-order valence-electron chi connectivity index (χ2n) is 3.38. The lowest BCUT2D eigenvalue weighted by Crippen LogP contribution is -2.38. The number of hydrogen-bond donors (Lipinski definition) is 2. The van der Waals surface area contributed by atoms with E-state index in [4.69, 9.17) is 5.11 Å². The number of aromatic nitrogens is 2. The SMILES string of the molecule is CN(CC(=O)O)C(=O)Cn1[nH]c(=O)ccc1=O. The van der Waals surface area contributed by atoms with Crippen molar-refractivity contribution in [1.82, 2.24) is 14.7 Å². The number of carboxylic acid groups (broad SMARTS) is 1. The number of carboxylic acids is 1. The second-order valence-corrected chi connectivity index (χ2v) is 3.38. The van der Waals surface area contributed by atoms with Crippen LogP contribution in [0.5, 0.6) is 0 Å². The molecule has 0 unspecified atom stereocenters. The topological polar surface area (TPSA) is 112 Å². The highest BCUT2D eigenvalue weighted by molar-refractivity contribution is 5.80. The van der Waals surface area contributed by atoms with Crippen LogP contribution >= 0.6 is 0 Å². The zero-order chi connectivity index (χ0) is 13.0. The molecule has 1 rings (SSSR count). The van der Waals surface area contributed by atoms with E-state index in [1.807, 2.05) is 0 Å². The lowest BCUT2D eigenvalue weighted by Gasteiger charge is -2.14. The molecule has 17 heavy (non-hydrogen) atoms. The molecule has 1 aromatic heterocycles. The summed E-state index contributed by atoms with van der Waals surface area (Å²) in [5.74, 6) is -1.74. The zero-order valence-corrected chi connectivity index (χ0v) is 9.04. The van der Waals surface area contributed by atoms with Gasteiger partial charge in [0.25, 0.3) is 11.1 Å². The van der Waals surface area contributed by atoms with Crippen LogP contribution in [0.15, 0.2) is 21.7 Å². The number of H-pyrrole nitrogens is 1. The summed E-state index contributed by atoms with van der Waals surface area (Å²) in [4.78, 5) is 45.0. The van der Waals surface area contributed by atoms with E-state index in [1.54, 1.807) is 0 Å². The molecule has 1 aromatic rings. The molecule has 8 nitrogen and oxygen atoms in total. The van der Waals surface area contributed by atoms with Crippen molar-refractivity contribution in [3.05, 3.63) is 32.8 Å². The van der Waals surface area contributed by atoms with Crippen molar-refractivity contribution < 1.29 is 14.7 Å². The predicted octanol–water partition coefficient (Wildman–Crippen LogP) is -1.92. The van der Waals surface area contributed by atoms with E-state index < -0.39 is 36.1 Å². The number of carbonyl (C=O) groups excluding carboxylic acids is 1. The van der Waals surface area contributed by atoms with Gasteiger partial charge in [-0.05, 0) is 0 Å². The minimum atomic E-state index is -1.16. The van der Waals surface area contributed by atoms with Crippen LogP contribution in [0.25, 0.3) is 0 Å². The predicted molar refractivity (Wildman–Crippen MR) is 56.6 cm³/mol. The molecule has 0 radical (unpaired) electrons. The Morgan fingerprint density at radius 3 is 2.65 bits per heavy atom. The molecule has 0 saturated heterocycles. The second kappa shape index (κ2) is 5.10. The van der Waals surface area contributed by atoms with Crippen LogP contribution in [-0.2, 0) is 16.1 Å². The van der Waals surface area contributed by atoms with E-state index >= 15 is 0 Å². The summed E-state index contributed by atoms with van der Waals surface area (Å²) in [5, 5.41) is 10.6. The molecule has 2 N–H and O–H groups in total. The molecule has 0 atom stereocenters. The van der Waals surface area contributed by atoms with Gasteiger partial charge in [-0.15, -0.1) is 0 Å². The van der Waals surface area contributed by atoms with Gasteiger partial charge < -0.3 is 10.0 Å². The van der Waals surface area contributed by atoms with Gasteiger partial charge in [0.15, 0.2) is 0 Å². The standard InChI is InChI=1S/C9H11N3O5/c1-11(5-9(16)17)8(15)4-12-7(14)3-2-6(13)10-12/h2-3H,4-5H2,1H3,(H,10,13)(H,16,17). The van der Waals surface area contributed by atoms with Gasteiger partial charge in [0, 0.05) is 19.2 Å². The van der Waals surface area contributed by atoms with Gasteiger partial charge in [-0.3, -0.25) is 24.3 Å². The van der Waals surface area contributed by atoms with E-state index in [0.29, 0.717) is 0 Å². The normalized spacial score (nSPS) is 9.94. The maximum Gasteiger partial charge on any atom is 0.323 e. The number of hydrogen-bond acceptors (Lipinski definition) is 4. The number of nitrogens with zero attached hydrogens (tertiary/aromatic N) is 2. The fourth-order valence-electron chi connectivity index (χ4n) is 1.13. The molecular formula is C9H11N3O5. The maximum absolute atomic E-state index is 11.5. The van der Waals surface area contributed by atoms with E-state index in [2.05, 4.69) is 5.10 Å². The Bertz CT molecular complexity index is 544. The van der Waals surface area contributed by atoms with Crippen molar-refractivity contribution in [2.75, 3.05) is 13.6 Å². The quantitative estimate of drug-likeness (QED) is 0.638. The number of amides is 1. The molecule has 1 heterocycles. The van der Waals surface area contributed by atoms with Gasteiger partial charge >= 0.3 is 5.97 Å². The smallest absolute Gasteiger partial charge is 0.323 e. The van der Waals surface area contributed by atoms with E-state index in [1.165, 1.54) is 7.05 Å². The Kier molecular flexibility index (Phi) is 3.81. The molecule has 0 aromatic carbocycles. The first-order chi connectivity index (χ1) is 7.90. The minimum absolute atomic E-state index is 0.404. The molecular weight excluding hydrogens is 230 g/mol. The molecule has 0 saturated carbocycles. The maximum atomic E-state index is 11.5. The third kappa shape index (κ3) is 3.59. The Balaban J connectivity index is 2.81. The lowest BCUT2D eigenvalue weighted by molar-refractivity contribution is -0.143. The van der Waals surface area contributed by atoms with Crippen molar-refractivity contribution in [2.24, 2.45) is 0 Å². The molecule has 0 bridgehead atoms. The summed E-state index contributed by atoms with van der Waals surface area (Å²) in [6.07, 6.45) is 0. The number of rotatable bonds is 4. The monoisotopic (exact) mass is 241 g/mol. The van der Waals surface area contributed by atoms with E-state index in [9.17, 15) is 19.2 Å². The Morgan fingerprint density at radius 2 is 2.06 bits per heavy atom. The van der Waals surface area contributed by atoms with Crippen LogP contribution in [0.2, 0.25) is 0 Å². The Hall–Kier alpha value is -2.38. The van der Waals surface area contributed by atoms with Gasteiger partial charge in [-0.1, -0.05) is 0 Å². The summed E-state index contributed by atoms with van der Waals surface area (Å²) in [5.41, 5.74) is -1.06. The van der Waals surface area contributed by atoms with Gasteiger partial charge in [-0.25, -0.2) is 4.68 Å². The Labute approximate surface area is 95.1 Å². The average molecular weight is 241 g/mol. The van der Waals surface area contributed by atoms with Crippen molar-refractivity contribution in [1.29, 1.82) is 0 Å². The van der Waals surface area contributed by atoms with Gasteiger partial charge in [-0.2, -0.15) is 0 Å². The third-order valence-corrected chi connectivity index (χ3v) is 1.98. The van der Waals surface area contributed by atoms with Crippen LogP contribution in [-0.4, -0.2) is 45.3 Å². The van der Waals surface area contributed by atoms with E-state index in [-0.39, 0.29) is 0 Å². The van der Waals surface area contributed by atoms with E-state index in [0.717, 1.165) is 21.7 Å². The van der Waals surface area contributed by atoms with Crippen LogP contribution in [0.3, 0.4) is 0 Å². The fraction of sp³-hybridized carbons (Fsp3) is 0.333. The summed E-state index contributed by atoms with van der Waals surface area (Å²) in [7, 11) is 1.29. The third-order valence-electron chi connectivity index (χ3n) is 1.98. The number of carbonyl (C=O) groups is 2. The number of likely N-dealkylation sites (N-methyl/N-ethyl adjacent to an activating group) is 1. The molecule has 0 aliphatic heterocycles. The largest absolute Gasteiger partial charge is 0.480 e. The van der Waals surface area contributed by atoms with Crippen LogP contribution in [0, 0.1) is 0 Å². The summed E-state index contributed by atoms with van der Waals surface area (Å²) >= 11 is 0. The highest BCUT2D eigenvalue weighted by Crippen LogP contribution is 1.86. The molecule has 0 fully saturated rings. The first-order valence-electron chi connectivity index (χ1n) is 4.66. The van der Waals surface area contributed by atoms with Crippen LogP contribution < -0.4 is 11.1 Å². The molecule has 1 amide bonds. The first-order valence-corrected chi connectivity index (χ1v) is 4.66. The van der Waals surface area contributed by atoms with Crippen LogP contribution in [0.1, 0.15) is 0 Å². The zero-order valence-electron chi connectivity index (χ0n) is 9.04. The summed E-state index contributed by atoms with van der Waals surface area (Å²) in [6, 6.07) is 2.08. The van der Waals surface area contributed by atoms with Crippen molar-refractivity contribution in [3.8, 4) is 0 Å². The highest BCUT2D eigenvalue weighted by atomic mass is 16.4. The number of nitrogens with one attached hydrogen (secondary N) is 1. The van der Waals surface area contributed by atoms with Gasteiger partial charge in [0.05, 0.1) is 0 Å². The molecule has 0 aliphatic carbocycles. The Morgan fingerprint density at radius 1 is 1.41 bits per heavy atom. The van der Waals surface area contributed by atoms with Crippen LogP contribution in [0.4, 0.5) is 0 Å². The summed E-state index contributed by atoms with van der Waals surface area (Å²) < 4.78 is 0.822. The fourth-order valence-corrected chi connectivity index (χ4v) is 1.13. The first kappa shape index (κ1) is 12.7. The molecule has 8 heteroatoms. The summed E-state index contributed by atoms with van der Waals surface area (Å²) in [6.45, 7) is -0.872. The highest BCUT2D eigenvalue weighted by Gasteiger charge is 2.13. The molecule has 0 aliphatic rings. The lowest BCUT2D eigenvalue weighted by atomic mass is 10.4. The molecule has 92 valence electrons. The van der Waals surface area contributed by atoms with Gasteiger partial charge in [0.2, 0.25) is 5.91 Å².